The number of hydrogen-bond donors (Lipinski definition) is 2. The summed E-state index contributed by atoms with van der Waals surface area (Å²) in [5, 5.41) is 3.38. The monoisotopic (exact) mass is 409 g/mol. The molecule has 1 amide bonds. The Bertz CT molecular complexity index is 1080. The Morgan fingerprint density at radius 1 is 1.17 bits per heavy atom. The van der Waals surface area contributed by atoms with Crippen LogP contribution in [0.1, 0.15) is 22.4 Å². The van der Waals surface area contributed by atoms with Crippen LogP contribution in [0.3, 0.4) is 0 Å². The first-order chi connectivity index (χ1) is 13.9. The topological polar surface area (TPSA) is 84.1 Å². The molecule has 0 saturated heterocycles. The molecule has 0 bridgehead atoms. The Morgan fingerprint density at radius 2 is 1.97 bits per heavy atom. The lowest BCUT2D eigenvalue weighted by Gasteiger charge is -2.10. The first-order valence-electron chi connectivity index (χ1n) is 9.16. The molecule has 0 aliphatic rings. The SMILES string of the molecule is COc1cccc(CSc2nc(CC(=O)Nc3cccc(C)c3C)cc(=O)[nH]2)c1. The summed E-state index contributed by atoms with van der Waals surface area (Å²) in [6.45, 7) is 3.96. The molecule has 0 aliphatic heterocycles. The van der Waals surface area contributed by atoms with Gasteiger partial charge in [-0.3, -0.25) is 9.59 Å². The maximum atomic E-state index is 12.4. The number of methoxy groups -OCH3 is 1. The number of amides is 1. The van der Waals surface area contributed by atoms with Crippen LogP contribution in [-0.4, -0.2) is 23.0 Å². The van der Waals surface area contributed by atoms with Gasteiger partial charge in [-0.15, -0.1) is 0 Å². The highest BCUT2D eigenvalue weighted by Crippen LogP contribution is 2.22. The fourth-order valence-corrected chi connectivity index (χ4v) is 3.64. The average molecular weight is 410 g/mol. The molecule has 3 aromatic rings. The number of rotatable bonds is 7. The lowest BCUT2D eigenvalue weighted by Crippen LogP contribution is -2.18. The van der Waals surface area contributed by atoms with E-state index in [0.29, 0.717) is 16.6 Å². The van der Waals surface area contributed by atoms with E-state index < -0.39 is 0 Å². The number of ether oxygens (including phenoxy) is 1. The number of benzene rings is 2. The van der Waals surface area contributed by atoms with E-state index in [-0.39, 0.29) is 17.9 Å². The highest BCUT2D eigenvalue weighted by atomic mass is 32.2. The van der Waals surface area contributed by atoms with Crippen LogP contribution in [-0.2, 0) is 17.0 Å². The molecule has 7 heteroatoms. The van der Waals surface area contributed by atoms with Crippen molar-refractivity contribution in [3.8, 4) is 5.75 Å². The van der Waals surface area contributed by atoms with Crippen LogP contribution < -0.4 is 15.6 Å². The number of thioether (sulfide) groups is 1. The van der Waals surface area contributed by atoms with E-state index in [1.165, 1.54) is 17.8 Å². The molecule has 2 aromatic carbocycles. The lowest BCUT2D eigenvalue weighted by atomic mass is 10.1. The molecule has 3 rings (SSSR count). The normalized spacial score (nSPS) is 10.6. The minimum atomic E-state index is -0.275. The van der Waals surface area contributed by atoms with Gasteiger partial charge in [0.25, 0.3) is 5.56 Å². The highest BCUT2D eigenvalue weighted by molar-refractivity contribution is 7.98. The molecule has 29 heavy (non-hydrogen) atoms. The van der Waals surface area contributed by atoms with Crippen LogP contribution in [0.15, 0.2) is 58.5 Å². The Morgan fingerprint density at radius 3 is 2.76 bits per heavy atom. The first kappa shape index (κ1) is 20.7. The zero-order valence-corrected chi connectivity index (χ0v) is 17.4. The number of aromatic nitrogens is 2. The van der Waals surface area contributed by atoms with Gasteiger partial charge in [-0.05, 0) is 48.7 Å². The molecular formula is C22H23N3O3S. The van der Waals surface area contributed by atoms with Gasteiger partial charge in [0.2, 0.25) is 5.91 Å². The highest BCUT2D eigenvalue weighted by Gasteiger charge is 2.10. The number of carbonyl (C=O) groups excluding carboxylic acids is 1. The lowest BCUT2D eigenvalue weighted by molar-refractivity contribution is -0.115. The number of nitrogens with one attached hydrogen (secondary N) is 2. The van der Waals surface area contributed by atoms with Gasteiger partial charge < -0.3 is 15.0 Å². The van der Waals surface area contributed by atoms with Crippen molar-refractivity contribution in [2.75, 3.05) is 12.4 Å². The predicted molar refractivity (Wildman–Crippen MR) is 116 cm³/mol. The van der Waals surface area contributed by atoms with Crippen LogP contribution >= 0.6 is 11.8 Å². The molecule has 0 spiro atoms. The third kappa shape index (κ3) is 5.71. The van der Waals surface area contributed by atoms with Crippen molar-refractivity contribution in [2.24, 2.45) is 0 Å². The molecule has 0 unspecified atom stereocenters. The number of hydrogen-bond acceptors (Lipinski definition) is 5. The third-order valence-corrected chi connectivity index (χ3v) is 5.45. The van der Waals surface area contributed by atoms with Gasteiger partial charge in [-0.1, -0.05) is 36.0 Å². The summed E-state index contributed by atoms with van der Waals surface area (Å²) in [5.74, 6) is 1.19. The molecule has 0 aliphatic carbocycles. The van der Waals surface area contributed by atoms with Gasteiger partial charge in [0.05, 0.1) is 19.2 Å². The van der Waals surface area contributed by atoms with E-state index in [2.05, 4.69) is 15.3 Å². The summed E-state index contributed by atoms with van der Waals surface area (Å²) in [7, 11) is 1.62. The first-order valence-corrected chi connectivity index (χ1v) is 10.1. The van der Waals surface area contributed by atoms with E-state index in [1.54, 1.807) is 7.11 Å². The largest absolute Gasteiger partial charge is 0.497 e. The van der Waals surface area contributed by atoms with Gasteiger partial charge in [-0.25, -0.2) is 4.98 Å². The zero-order chi connectivity index (χ0) is 20.8. The number of H-pyrrole nitrogens is 1. The smallest absolute Gasteiger partial charge is 0.251 e. The Balaban J connectivity index is 1.67. The van der Waals surface area contributed by atoms with Crippen LogP contribution in [0.4, 0.5) is 5.69 Å². The molecule has 0 saturated carbocycles. The number of anilines is 1. The molecule has 1 aromatic heterocycles. The summed E-state index contributed by atoms with van der Waals surface area (Å²) in [6.07, 6.45) is 0.0318. The van der Waals surface area contributed by atoms with Crippen LogP contribution in [0, 0.1) is 13.8 Å². The van der Waals surface area contributed by atoms with Crippen molar-refractivity contribution >= 4 is 23.4 Å². The maximum Gasteiger partial charge on any atom is 0.251 e. The predicted octanol–water partition coefficient (Wildman–Crippen LogP) is 3.87. The molecular weight excluding hydrogens is 386 g/mol. The van der Waals surface area contributed by atoms with Gasteiger partial charge in [0.15, 0.2) is 5.16 Å². The van der Waals surface area contributed by atoms with Crippen LogP contribution in [0.5, 0.6) is 5.75 Å². The summed E-state index contributed by atoms with van der Waals surface area (Å²) in [6, 6.07) is 14.8. The van der Waals surface area contributed by atoms with Crippen molar-refractivity contribution < 1.29 is 9.53 Å². The standard InChI is InChI=1S/C22H23N3O3S/c1-14-6-4-9-19(15(14)2)24-20(26)11-17-12-21(27)25-22(23-17)29-13-16-7-5-8-18(10-16)28-3/h4-10,12H,11,13H2,1-3H3,(H,24,26)(H,23,25,27). The quantitative estimate of drug-likeness (QED) is 0.457. The van der Waals surface area contributed by atoms with Crippen molar-refractivity contribution in [1.29, 1.82) is 0 Å². The summed E-state index contributed by atoms with van der Waals surface area (Å²) < 4.78 is 5.23. The minimum absolute atomic E-state index is 0.0318. The minimum Gasteiger partial charge on any atom is -0.497 e. The van der Waals surface area contributed by atoms with Crippen molar-refractivity contribution in [3.05, 3.63) is 81.3 Å². The number of aryl methyl sites for hydroxylation is 1. The van der Waals surface area contributed by atoms with Gasteiger partial charge in [0.1, 0.15) is 5.75 Å². The third-order valence-electron chi connectivity index (χ3n) is 4.50. The molecule has 150 valence electrons. The average Bonchev–Trinajstić information content (AvgIpc) is 2.69. The Hall–Kier alpha value is -3.06. The molecule has 0 radical (unpaired) electrons. The number of nitrogens with zero attached hydrogens (tertiary/aromatic N) is 1. The van der Waals surface area contributed by atoms with Gasteiger partial charge in [-0.2, -0.15) is 0 Å². The van der Waals surface area contributed by atoms with E-state index >= 15 is 0 Å². The molecule has 0 fully saturated rings. The fourth-order valence-electron chi connectivity index (χ4n) is 2.80. The van der Waals surface area contributed by atoms with E-state index in [1.807, 2.05) is 56.3 Å². The second-order valence-corrected chi connectivity index (χ2v) is 7.62. The summed E-state index contributed by atoms with van der Waals surface area (Å²) >= 11 is 1.40. The van der Waals surface area contributed by atoms with Crippen molar-refractivity contribution in [1.82, 2.24) is 9.97 Å². The Kier molecular flexibility index (Phi) is 6.72. The van der Waals surface area contributed by atoms with Gasteiger partial charge >= 0.3 is 0 Å². The van der Waals surface area contributed by atoms with Crippen LogP contribution in [0.2, 0.25) is 0 Å². The number of aromatic amines is 1. The van der Waals surface area contributed by atoms with Crippen molar-refractivity contribution in [3.63, 3.8) is 0 Å². The maximum absolute atomic E-state index is 12.4. The summed E-state index contributed by atoms with van der Waals surface area (Å²) in [4.78, 5) is 31.6. The molecule has 2 N–H and O–H groups in total. The zero-order valence-electron chi connectivity index (χ0n) is 16.6. The second kappa shape index (κ2) is 9.43. The fraction of sp³-hybridized carbons (Fsp3) is 0.227. The Labute approximate surface area is 173 Å². The van der Waals surface area contributed by atoms with Crippen LogP contribution in [0.25, 0.3) is 0 Å². The number of carbonyl (C=O) groups is 1. The van der Waals surface area contributed by atoms with E-state index in [4.69, 9.17) is 4.74 Å². The second-order valence-electron chi connectivity index (χ2n) is 6.65. The van der Waals surface area contributed by atoms with E-state index in [0.717, 1.165) is 28.1 Å². The molecule has 1 heterocycles. The van der Waals surface area contributed by atoms with Gasteiger partial charge in [0, 0.05) is 17.5 Å². The molecule has 6 nitrogen and oxygen atoms in total. The van der Waals surface area contributed by atoms with E-state index in [9.17, 15) is 9.59 Å². The molecule has 0 atom stereocenters. The summed E-state index contributed by atoms with van der Waals surface area (Å²) in [5.41, 5.74) is 4.11. The van der Waals surface area contributed by atoms with Crippen molar-refractivity contribution in [2.45, 2.75) is 31.2 Å².